The maximum atomic E-state index is 11.1. The van der Waals surface area contributed by atoms with E-state index in [1.807, 2.05) is 0 Å². The van der Waals surface area contributed by atoms with Crippen molar-refractivity contribution < 1.29 is 14.7 Å². The number of nitrogens with two attached hydrogens (primary N) is 1. The van der Waals surface area contributed by atoms with Crippen molar-refractivity contribution in [1.82, 2.24) is 10.6 Å². The summed E-state index contributed by atoms with van der Waals surface area (Å²) >= 11 is 0. The van der Waals surface area contributed by atoms with Crippen LogP contribution >= 0.6 is 0 Å². The van der Waals surface area contributed by atoms with E-state index in [0.717, 1.165) is 0 Å². The second-order valence-electron chi connectivity index (χ2n) is 3.94. The second kappa shape index (κ2) is 6.23. The molecule has 0 radical (unpaired) electrons. The van der Waals surface area contributed by atoms with Crippen LogP contribution in [0.5, 0.6) is 0 Å². The van der Waals surface area contributed by atoms with Crippen molar-refractivity contribution in [1.29, 1.82) is 0 Å². The van der Waals surface area contributed by atoms with Gasteiger partial charge >= 0.3 is 12.0 Å². The Bertz CT molecular complexity index is 229. The standard InChI is InChI=1S/C9H19N3O3/c1-9(2,7(13)14)6-12-8(15)11-5-3-4-10/h3-6,10H2,1-2H3,(H,13,14)(H2,11,12,15). The molecule has 15 heavy (non-hydrogen) atoms. The first kappa shape index (κ1) is 13.7. The molecule has 0 heterocycles. The van der Waals surface area contributed by atoms with Crippen LogP contribution in [0.1, 0.15) is 20.3 Å². The minimum atomic E-state index is -0.953. The zero-order chi connectivity index (χ0) is 11.9. The molecule has 0 saturated heterocycles. The molecule has 5 N–H and O–H groups in total. The molecule has 6 heteroatoms. The minimum absolute atomic E-state index is 0.0940. The molecule has 0 rings (SSSR count). The van der Waals surface area contributed by atoms with Gasteiger partial charge in [0.05, 0.1) is 5.41 Å². The zero-order valence-corrected chi connectivity index (χ0v) is 9.17. The van der Waals surface area contributed by atoms with Crippen molar-refractivity contribution in [2.45, 2.75) is 20.3 Å². The van der Waals surface area contributed by atoms with Gasteiger partial charge in [0.2, 0.25) is 0 Å². The van der Waals surface area contributed by atoms with Gasteiger partial charge in [-0.1, -0.05) is 0 Å². The largest absolute Gasteiger partial charge is 0.481 e. The Morgan fingerprint density at radius 3 is 2.40 bits per heavy atom. The van der Waals surface area contributed by atoms with Crippen LogP contribution in [-0.2, 0) is 4.79 Å². The lowest BCUT2D eigenvalue weighted by Crippen LogP contribution is -2.43. The molecule has 0 bridgehead atoms. The normalized spacial score (nSPS) is 10.9. The molecule has 0 aromatic rings. The minimum Gasteiger partial charge on any atom is -0.481 e. The summed E-state index contributed by atoms with van der Waals surface area (Å²) in [5, 5.41) is 13.8. The molecule has 6 nitrogen and oxygen atoms in total. The fraction of sp³-hybridized carbons (Fsp3) is 0.778. The molecule has 0 unspecified atom stereocenters. The lowest BCUT2D eigenvalue weighted by molar-refractivity contribution is -0.146. The van der Waals surface area contributed by atoms with Crippen LogP contribution in [0.2, 0.25) is 0 Å². The molecular weight excluding hydrogens is 198 g/mol. The molecule has 0 aliphatic rings. The highest BCUT2D eigenvalue weighted by Crippen LogP contribution is 2.12. The number of hydrogen-bond acceptors (Lipinski definition) is 3. The van der Waals surface area contributed by atoms with E-state index in [1.165, 1.54) is 0 Å². The highest BCUT2D eigenvalue weighted by Gasteiger charge is 2.27. The van der Waals surface area contributed by atoms with E-state index in [1.54, 1.807) is 13.8 Å². The molecule has 0 atom stereocenters. The first-order chi connectivity index (χ1) is 6.90. The lowest BCUT2D eigenvalue weighted by atomic mass is 9.94. The molecule has 0 fully saturated rings. The Labute approximate surface area is 89.2 Å². The van der Waals surface area contributed by atoms with Crippen LogP contribution in [0.15, 0.2) is 0 Å². The van der Waals surface area contributed by atoms with Gasteiger partial charge in [-0.2, -0.15) is 0 Å². The summed E-state index contributed by atoms with van der Waals surface area (Å²) in [5.74, 6) is -0.940. The summed E-state index contributed by atoms with van der Waals surface area (Å²) in [5.41, 5.74) is 4.30. The van der Waals surface area contributed by atoms with E-state index in [0.29, 0.717) is 19.5 Å². The Morgan fingerprint density at radius 1 is 1.33 bits per heavy atom. The first-order valence-corrected chi connectivity index (χ1v) is 4.85. The maximum absolute atomic E-state index is 11.1. The Hall–Kier alpha value is -1.30. The lowest BCUT2D eigenvalue weighted by Gasteiger charge is -2.19. The second-order valence-corrected chi connectivity index (χ2v) is 3.94. The smallest absolute Gasteiger partial charge is 0.314 e. The summed E-state index contributed by atoms with van der Waals surface area (Å²) in [6, 6.07) is -0.363. The van der Waals surface area contributed by atoms with Gasteiger partial charge in [-0.05, 0) is 26.8 Å². The quantitative estimate of drug-likeness (QED) is 0.460. The SMILES string of the molecule is CC(C)(CNC(=O)NCCCN)C(=O)O. The summed E-state index contributed by atoms with van der Waals surface area (Å²) in [6.45, 7) is 4.21. The third kappa shape index (κ3) is 5.90. The predicted octanol–water partition coefficient (Wildman–Crippen LogP) is -0.255. The van der Waals surface area contributed by atoms with Gasteiger partial charge in [0, 0.05) is 13.1 Å². The summed E-state index contributed by atoms with van der Waals surface area (Å²) in [4.78, 5) is 21.8. The van der Waals surface area contributed by atoms with Crippen LogP contribution in [0.4, 0.5) is 4.79 Å². The molecule has 0 saturated carbocycles. The van der Waals surface area contributed by atoms with Crippen LogP contribution < -0.4 is 16.4 Å². The fourth-order valence-corrected chi connectivity index (χ4v) is 0.743. The monoisotopic (exact) mass is 217 g/mol. The topological polar surface area (TPSA) is 104 Å². The predicted molar refractivity (Wildman–Crippen MR) is 56.5 cm³/mol. The number of carboxylic acids is 1. The number of hydrogen-bond donors (Lipinski definition) is 4. The average molecular weight is 217 g/mol. The number of urea groups is 1. The summed E-state index contributed by atoms with van der Waals surface area (Å²) in [7, 11) is 0. The molecule has 0 aromatic heterocycles. The Kier molecular flexibility index (Phi) is 5.69. The van der Waals surface area contributed by atoms with Crippen molar-refractivity contribution in [3.63, 3.8) is 0 Å². The van der Waals surface area contributed by atoms with E-state index in [-0.39, 0.29) is 12.6 Å². The van der Waals surface area contributed by atoms with Crippen LogP contribution in [-0.4, -0.2) is 36.7 Å². The molecule has 0 aliphatic heterocycles. The third-order valence-corrected chi connectivity index (χ3v) is 1.94. The fourth-order valence-electron chi connectivity index (χ4n) is 0.743. The summed E-state index contributed by atoms with van der Waals surface area (Å²) < 4.78 is 0. The maximum Gasteiger partial charge on any atom is 0.314 e. The van der Waals surface area contributed by atoms with Crippen molar-refractivity contribution in [2.75, 3.05) is 19.6 Å². The number of carboxylic acid groups (broad SMARTS) is 1. The van der Waals surface area contributed by atoms with E-state index >= 15 is 0 Å². The average Bonchev–Trinajstić information content (AvgIpc) is 2.15. The molecule has 0 aliphatic carbocycles. The van der Waals surface area contributed by atoms with E-state index < -0.39 is 11.4 Å². The molecular formula is C9H19N3O3. The third-order valence-electron chi connectivity index (χ3n) is 1.94. The van der Waals surface area contributed by atoms with Gasteiger partial charge in [-0.15, -0.1) is 0 Å². The van der Waals surface area contributed by atoms with Gasteiger partial charge in [-0.3, -0.25) is 4.79 Å². The van der Waals surface area contributed by atoms with Crippen LogP contribution in [0.3, 0.4) is 0 Å². The van der Waals surface area contributed by atoms with E-state index in [9.17, 15) is 9.59 Å². The summed E-state index contributed by atoms with van der Waals surface area (Å²) in [6.07, 6.45) is 0.704. The molecule has 0 aromatic carbocycles. The van der Waals surface area contributed by atoms with E-state index in [2.05, 4.69) is 10.6 Å². The van der Waals surface area contributed by atoms with Gasteiger partial charge in [-0.25, -0.2) is 4.79 Å². The molecule has 88 valence electrons. The Morgan fingerprint density at radius 2 is 1.93 bits per heavy atom. The highest BCUT2D eigenvalue weighted by atomic mass is 16.4. The highest BCUT2D eigenvalue weighted by molar-refractivity contribution is 5.77. The number of carbonyl (C=O) groups is 2. The van der Waals surface area contributed by atoms with Crippen LogP contribution in [0, 0.1) is 5.41 Å². The van der Waals surface area contributed by atoms with Crippen LogP contribution in [0.25, 0.3) is 0 Å². The van der Waals surface area contributed by atoms with Gasteiger partial charge in [0.15, 0.2) is 0 Å². The van der Waals surface area contributed by atoms with Crippen molar-refractivity contribution >= 4 is 12.0 Å². The number of nitrogens with one attached hydrogen (secondary N) is 2. The Balaban J connectivity index is 3.75. The molecule has 0 spiro atoms. The van der Waals surface area contributed by atoms with Gasteiger partial charge < -0.3 is 21.5 Å². The number of carbonyl (C=O) groups excluding carboxylic acids is 1. The number of amides is 2. The van der Waals surface area contributed by atoms with Crippen molar-refractivity contribution in [3.8, 4) is 0 Å². The van der Waals surface area contributed by atoms with Gasteiger partial charge in [0.25, 0.3) is 0 Å². The van der Waals surface area contributed by atoms with Crippen molar-refractivity contribution in [2.24, 2.45) is 11.1 Å². The zero-order valence-electron chi connectivity index (χ0n) is 9.17. The van der Waals surface area contributed by atoms with E-state index in [4.69, 9.17) is 10.8 Å². The van der Waals surface area contributed by atoms with Gasteiger partial charge in [0.1, 0.15) is 0 Å². The number of aliphatic carboxylic acids is 1. The van der Waals surface area contributed by atoms with Crippen molar-refractivity contribution in [3.05, 3.63) is 0 Å². The first-order valence-electron chi connectivity index (χ1n) is 4.85. The molecule has 2 amide bonds. The number of rotatable bonds is 6.